The zero-order valence-electron chi connectivity index (χ0n) is 8.38. The zero-order chi connectivity index (χ0) is 10.8. The average Bonchev–Trinajstić information content (AvgIpc) is 2.28. The maximum Gasteiger partial charge on any atom is 0.102 e. The number of hydrogen-bond acceptors (Lipinski definition) is 3. The van der Waals surface area contributed by atoms with Gasteiger partial charge in [-0.05, 0) is 42.9 Å². The molecule has 0 saturated carbocycles. The number of aryl methyl sites for hydroxylation is 1. The number of fused-ring (bicyclic) bond motifs is 1. The molecule has 1 aliphatic carbocycles. The van der Waals surface area contributed by atoms with E-state index < -0.39 is 0 Å². The Balaban J connectivity index is 2.72. The lowest BCUT2D eigenvalue weighted by Gasteiger charge is -2.18. The lowest BCUT2D eigenvalue weighted by atomic mass is 9.86. The Hall–Kier alpha value is -2.00. The first-order valence-corrected chi connectivity index (χ1v) is 5.02. The van der Waals surface area contributed by atoms with Crippen molar-refractivity contribution in [1.82, 2.24) is 0 Å². The average molecular weight is 197 g/mol. The van der Waals surface area contributed by atoms with Gasteiger partial charge in [-0.15, -0.1) is 0 Å². The van der Waals surface area contributed by atoms with E-state index in [0.717, 1.165) is 36.8 Å². The second-order valence-corrected chi connectivity index (χ2v) is 3.78. The Bertz CT molecular complexity index is 489. The minimum absolute atomic E-state index is 0.348. The molecule has 1 aromatic carbocycles. The van der Waals surface area contributed by atoms with Crippen LogP contribution in [0.3, 0.4) is 0 Å². The number of nitrogen functional groups attached to an aromatic ring is 1. The van der Waals surface area contributed by atoms with Crippen LogP contribution < -0.4 is 5.73 Å². The largest absolute Gasteiger partial charge is 0.397 e. The monoisotopic (exact) mass is 197 g/mol. The van der Waals surface area contributed by atoms with E-state index >= 15 is 0 Å². The van der Waals surface area contributed by atoms with E-state index in [4.69, 9.17) is 16.3 Å². The molecule has 3 nitrogen and oxygen atoms in total. The van der Waals surface area contributed by atoms with E-state index in [2.05, 4.69) is 6.07 Å². The van der Waals surface area contributed by atoms with Gasteiger partial charge in [-0.2, -0.15) is 10.5 Å². The molecule has 0 aromatic heterocycles. The molecule has 0 radical (unpaired) electrons. The Labute approximate surface area is 88.7 Å². The first kappa shape index (κ1) is 9.55. The van der Waals surface area contributed by atoms with E-state index in [1.807, 2.05) is 12.1 Å². The zero-order valence-corrected chi connectivity index (χ0v) is 8.38. The van der Waals surface area contributed by atoms with Crippen molar-refractivity contribution in [1.29, 1.82) is 10.5 Å². The molecule has 0 heterocycles. The maximum absolute atomic E-state index is 9.05. The molecule has 0 fully saturated rings. The molecular weight excluding hydrogens is 186 g/mol. The summed E-state index contributed by atoms with van der Waals surface area (Å²) in [6.45, 7) is 0. The molecule has 74 valence electrons. The summed E-state index contributed by atoms with van der Waals surface area (Å²) in [6.07, 6.45) is 4.10. The van der Waals surface area contributed by atoms with Crippen LogP contribution >= 0.6 is 0 Å². The van der Waals surface area contributed by atoms with Crippen molar-refractivity contribution >= 4 is 5.69 Å². The number of nitriles is 2. The van der Waals surface area contributed by atoms with Crippen LogP contribution in [0.2, 0.25) is 0 Å². The van der Waals surface area contributed by atoms with Crippen LogP contribution in [-0.4, -0.2) is 0 Å². The number of hydrogen-bond donors (Lipinski definition) is 1. The van der Waals surface area contributed by atoms with E-state index in [0.29, 0.717) is 16.8 Å². The van der Waals surface area contributed by atoms with E-state index in [-0.39, 0.29) is 0 Å². The number of nitrogens with two attached hydrogens (primary N) is 1. The van der Waals surface area contributed by atoms with Crippen LogP contribution in [0.15, 0.2) is 6.07 Å². The molecule has 0 atom stereocenters. The lowest BCUT2D eigenvalue weighted by molar-refractivity contribution is 0.684. The van der Waals surface area contributed by atoms with Crippen molar-refractivity contribution < 1.29 is 0 Å². The summed E-state index contributed by atoms with van der Waals surface area (Å²) < 4.78 is 0. The topological polar surface area (TPSA) is 73.6 Å². The molecule has 2 N–H and O–H groups in total. The molecule has 0 unspecified atom stereocenters. The highest BCUT2D eigenvalue weighted by molar-refractivity contribution is 5.68. The third kappa shape index (κ3) is 1.43. The molecule has 0 saturated heterocycles. The van der Waals surface area contributed by atoms with E-state index in [1.54, 1.807) is 0 Å². The molecule has 15 heavy (non-hydrogen) atoms. The van der Waals surface area contributed by atoms with Crippen LogP contribution in [0.1, 0.15) is 35.1 Å². The van der Waals surface area contributed by atoms with Crippen molar-refractivity contribution in [2.75, 3.05) is 5.73 Å². The summed E-state index contributed by atoms with van der Waals surface area (Å²) in [5, 5.41) is 18.0. The van der Waals surface area contributed by atoms with Gasteiger partial charge in [-0.3, -0.25) is 0 Å². The second kappa shape index (κ2) is 3.63. The third-order valence-corrected chi connectivity index (χ3v) is 2.92. The van der Waals surface area contributed by atoms with Gasteiger partial charge in [0.1, 0.15) is 12.1 Å². The van der Waals surface area contributed by atoms with Crippen molar-refractivity contribution in [2.24, 2.45) is 0 Å². The van der Waals surface area contributed by atoms with Crippen molar-refractivity contribution in [3.05, 3.63) is 28.3 Å². The Morgan fingerprint density at radius 3 is 2.53 bits per heavy atom. The fourth-order valence-corrected chi connectivity index (χ4v) is 2.14. The quantitative estimate of drug-likeness (QED) is 0.645. The van der Waals surface area contributed by atoms with Gasteiger partial charge in [0.15, 0.2) is 0 Å². The van der Waals surface area contributed by atoms with Gasteiger partial charge in [0.05, 0.1) is 16.8 Å². The van der Waals surface area contributed by atoms with Crippen molar-refractivity contribution in [2.45, 2.75) is 25.7 Å². The molecule has 0 bridgehead atoms. The standard InChI is InChI=1S/C12H11N3/c13-6-9-5-8-3-1-2-4-10(8)11(7-14)12(9)15/h5H,1-4,15H2. The van der Waals surface area contributed by atoms with Crippen molar-refractivity contribution in [3.8, 4) is 12.1 Å². The summed E-state index contributed by atoms with van der Waals surface area (Å²) >= 11 is 0. The summed E-state index contributed by atoms with van der Waals surface area (Å²) in [5.41, 5.74) is 9.27. The highest BCUT2D eigenvalue weighted by Crippen LogP contribution is 2.30. The molecule has 0 spiro atoms. The normalized spacial score (nSPS) is 13.7. The highest BCUT2D eigenvalue weighted by atomic mass is 14.6. The second-order valence-electron chi connectivity index (χ2n) is 3.78. The first-order chi connectivity index (χ1) is 7.27. The molecule has 2 rings (SSSR count). The van der Waals surface area contributed by atoms with Gasteiger partial charge in [0.2, 0.25) is 0 Å². The summed E-state index contributed by atoms with van der Waals surface area (Å²) in [5.74, 6) is 0. The van der Waals surface area contributed by atoms with E-state index in [9.17, 15) is 0 Å². The molecule has 1 aromatic rings. The number of rotatable bonds is 0. The van der Waals surface area contributed by atoms with Crippen molar-refractivity contribution in [3.63, 3.8) is 0 Å². The lowest BCUT2D eigenvalue weighted by Crippen LogP contribution is -2.09. The van der Waals surface area contributed by atoms with Crippen LogP contribution in [0.4, 0.5) is 5.69 Å². The molecule has 1 aliphatic rings. The molecule has 3 heteroatoms. The Kier molecular flexibility index (Phi) is 2.31. The predicted octanol–water partition coefficient (Wildman–Crippen LogP) is 1.89. The molecular formula is C12H11N3. The van der Waals surface area contributed by atoms with E-state index in [1.165, 1.54) is 0 Å². The summed E-state index contributed by atoms with van der Waals surface area (Å²) in [7, 11) is 0. The first-order valence-electron chi connectivity index (χ1n) is 5.02. The van der Waals surface area contributed by atoms with Crippen LogP contribution in [0.5, 0.6) is 0 Å². The molecule has 0 aliphatic heterocycles. The van der Waals surface area contributed by atoms with Gasteiger partial charge in [0.25, 0.3) is 0 Å². The van der Waals surface area contributed by atoms with Crippen LogP contribution in [0, 0.1) is 22.7 Å². The van der Waals surface area contributed by atoms with Gasteiger partial charge in [-0.1, -0.05) is 0 Å². The summed E-state index contributed by atoms with van der Waals surface area (Å²) in [4.78, 5) is 0. The van der Waals surface area contributed by atoms with Gasteiger partial charge in [0, 0.05) is 0 Å². The fourth-order valence-electron chi connectivity index (χ4n) is 2.14. The fraction of sp³-hybridized carbons (Fsp3) is 0.333. The van der Waals surface area contributed by atoms with Gasteiger partial charge in [-0.25, -0.2) is 0 Å². The van der Waals surface area contributed by atoms with Gasteiger partial charge < -0.3 is 5.73 Å². The SMILES string of the molecule is N#Cc1cc2c(c(C#N)c1N)CCCC2. The minimum atomic E-state index is 0.348. The van der Waals surface area contributed by atoms with Gasteiger partial charge >= 0.3 is 0 Å². The summed E-state index contributed by atoms with van der Waals surface area (Å²) in [6, 6.07) is 6.00. The minimum Gasteiger partial charge on any atom is -0.397 e. The predicted molar refractivity (Wildman–Crippen MR) is 56.9 cm³/mol. The third-order valence-electron chi connectivity index (χ3n) is 2.92. The number of nitrogens with zero attached hydrogens (tertiary/aromatic N) is 2. The highest BCUT2D eigenvalue weighted by Gasteiger charge is 2.18. The molecule has 0 amide bonds. The Morgan fingerprint density at radius 1 is 1.13 bits per heavy atom. The Morgan fingerprint density at radius 2 is 1.87 bits per heavy atom. The van der Waals surface area contributed by atoms with Crippen LogP contribution in [-0.2, 0) is 12.8 Å². The van der Waals surface area contributed by atoms with Crippen LogP contribution in [0.25, 0.3) is 0 Å². The number of benzene rings is 1. The maximum atomic E-state index is 9.05. The smallest absolute Gasteiger partial charge is 0.102 e. The number of anilines is 1.